The number of hydrogen-bond donors (Lipinski definition) is 1. The number of aliphatic hydroxyl groups is 1. The molecule has 2 aliphatic rings. The molecule has 8 heteroatoms. The molecule has 3 aromatic rings. The van der Waals surface area contributed by atoms with Gasteiger partial charge in [-0.05, 0) is 98.1 Å². The third-order valence-corrected chi connectivity index (χ3v) is 13.4. The van der Waals surface area contributed by atoms with E-state index in [0.717, 1.165) is 6.42 Å². The highest BCUT2D eigenvalue weighted by Gasteiger charge is 2.70. The molecule has 1 atom stereocenters. The summed E-state index contributed by atoms with van der Waals surface area (Å²) < 4.78 is 6.62. The average molecular weight is 570 g/mol. The van der Waals surface area contributed by atoms with Crippen molar-refractivity contribution >= 4 is 48.9 Å². The van der Waals surface area contributed by atoms with Crippen LogP contribution in [0.1, 0.15) is 45.6 Å². The van der Waals surface area contributed by atoms with E-state index in [1.54, 1.807) is 41.3 Å². The van der Waals surface area contributed by atoms with E-state index >= 15 is 0 Å². The highest BCUT2D eigenvalue weighted by Crippen LogP contribution is 2.59. The number of anilines is 2. The maximum atomic E-state index is 14.3. The van der Waals surface area contributed by atoms with Gasteiger partial charge in [0.1, 0.15) is 11.3 Å². The van der Waals surface area contributed by atoms with Gasteiger partial charge in [0.05, 0.1) is 0 Å². The molecule has 1 heterocycles. The molecule has 0 bridgehead atoms. The fraction of sp³-hybridized carbons (Fsp3) is 0.367. The van der Waals surface area contributed by atoms with Gasteiger partial charge in [-0.1, -0.05) is 56.1 Å². The Balaban J connectivity index is 1.69. The van der Waals surface area contributed by atoms with Gasteiger partial charge in [-0.15, -0.1) is 0 Å². The van der Waals surface area contributed by atoms with Crippen molar-refractivity contribution in [2.75, 3.05) is 9.80 Å². The van der Waals surface area contributed by atoms with E-state index in [-0.39, 0.29) is 11.1 Å². The minimum Gasteiger partial charge on any atom is -0.543 e. The van der Waals surface area contributed by atoms with Crippen LogP contribution in [0.3, 0.4) is 0 Å². The average Bonchev–Trinajstić information content (AvgIpc) is 3.04. The van der Waals surface area contributed by atoms with Gasteiger partial charge in [-0.2, -0.15) is 0 Å². The molecule has 38 heavy (non-hydrogen) atoms. The first-order valence-corrected chi connectivity index (χ1v) is 16.6. The lowest BCUT2D eigenvalue weighted by Gasteiger charge is -2.52. The molecular weight excluding hydrogens is 535 g/mol. The fourth-order valence-corrected chi connectivity index (χ4v) is 6.60. The summed E-state index contributed by atoms with van der Waals surface area (Å²) in [5, 5.41) is 14.1. The predicted molar refractivity (Wildman–Crippen MR) is 158 cm³/mol. The van der Waals surface area contributed by atoms with Crippen LogP contribution in [0.15, 0.2) is 72.8 Å². The molecule has 200 valence electrons. The zero-order valence-corrected chi connectivity index (χ0v) is 25.0. The summed E-state index contributed by atoms with van der Waals surface area (Å²) in [6.45, 7) is 11.0. The molecule has 1 saturated carbocycles. The van der Waals surface area contributed by atoms with Crippen molar-refractivity contribution in [3.8, 4) is 5.75 Å². The topological polar surface area (TPSA) is 53.0 Å². The van der Waals surface area contributed by atoms with E-state index in [0.29, 0.717) is 45.6 Å². The number of nitrogens with zero attached hydrogens (tertiary/aromatic N) is 2. The van der Waals surface area contributed by atoms with E-state index in [9.17, 15) is 9.90 Å². The summed E-state index contributed by atoms with van der Waals surface area (Å²) in [6.07, 6.45) is 2.19. The van der Waals surface area contributed by atoms with Crippen LogP contribution >= 0.6 is 23.2 Å². The van der Waals surface area contributed by atoms with Gasteiger partial charge in [0, 0.05) is 27.0 Å². The van der Waals surface area contributed by atoms with Gasteiger partial charge in [0.25, 0.3) is 0 Å². The first kappa shape index (κ1) is 27.1. The largest absolute Gasteiger partial charge is 0.543 e. The second kappa shape index (κ2) is 9.30. The summed E-state index contributed by atoms with van der Waals surface area (Å²) in [6, 6.07) is 21.6. The Kier molecular flexibility index (Phi) is 6.62. The van der Waals surface area contributed by atoms with Crippen LogP contribution < -0.4 is 14.2 Å². The summed E-state index contributed by atoms with van der Waals surface area (Å²) in [5.41, 5.74) is -0.633. The van der Waals surface area contributed by atoms with Crippen molar-refractivity contribution in [1.82, 2.24) is 0 Å². The molecular formula is C30H34Cl2N2O3Si. The SMILES string of the molecule is CC(C)(C)[Si](C)(C)Oc1cccc(C2(O)N(c3ccc(Cl)cc3)C(=O)N(c3ccc(Cl)cc3)C23CCC3)c1. The lowest BCUT2D eigenvalue weighted by atomic mass is 9.66. The number of rotatable bonds is 5. The summed E-state index contributed by atoms with van der Waals surface area (Å²) in [7, 11) is -2.13. The Hall–Kier alpha value is -2.51. The molecule has 1 saturated heterocycles. The molecule has 1 N–H and O–H groups in total. The molecule has 1 spiro atoms. The highest BCUT2D eigenvalue weighted by molar-refractivity contribution is 6.74. The Morgan fingerprint density at radius 1 is 0.868 bits per heavy atom. The number of benzene rings is 3. The lowest BCUT2D eigenvalue weighted by molar-refractivity contribution is -0.0525. The molecule has 0 aromatic heterocycles. The second-order valence-electron chi connectivity index (χ2n) is 11.9. The Bertz CT molecular complexity index is 1350. The van der Waals surface area contributed by atoms with E-state index in [1.807, 2.05) is 36.4 Å². The van der Waals surface area contributed by atoms with E-state index in [4.69, 9.17) is 27.6 Å². The Labute approximate surface area is 236 Å². The molecule has 1 aliphatic heterocycles. The van der Waals surface area contributed by atoms with Crippen molar-refractivity contribution in [1.29, 1.82) is 0 Å². The number of hydrogen-bond acceptors (Lipinski definition) is 3. The third-order valence-electron chi connectivity index (χ3n) is 8.55. The maximum absolute atomic E-state index is 14.3. The van der Waals surface area contributed by atoms with Crippen molar-refractivity contribution in [2.45, 2.75) is 69.4 Å². The van der Waals surface area contributed by atoms with Crippen LogP contribution in [0.25, 0.3) is 0 Å². The van der Waals surface area contributed by atoms with E-state index in [2.05, 4.69) is 33.9 Å². The van der Waals surface area contributed by atoms with Crippen molar-refractivity contribution in [3.05, 3.63) is 88.4 Å². The zero-order chi connectivity index (χ0) is 27.5. The quantitative estimate of drug-likeness (QED) is 0.313. The van der Waals surface area contributed by atoms with Gasteiger partial charge in [-0.25, -0.2) is 4.79 Å². The molecule has 5 rings (SSSR count). The second-order valence-corrected chi connectivity index (χ2v) is 17.5. The monoisotopic (exact) mass is 568 g/mol. The first-order valence-electron chi connectivity index (χ1n) is 13.0. The zero-order valence-electron chi connectivity index (χ0n) is 22.5. The standard InChI is InChI=1S/C30H34Cl2N2O3Si/c1-28(2,3)38(4,5)37-26-9-6-8-21(20-26)30(36)29(18-7-19-29)33(24-14-10-22(31)11-15-24)27(35)34(30)25-16-12-23(32)13-17-25/h6,8-17,20,36H,7,18-19H2,1-5H3. The van der Waals surface area contributed by atoms with Gasteiger partial charge >= 0.3 is 6.03 Å². The van der Waals surface area contributed by atoms with Crippen molar-refractivity contribution < 1.29 is 14.3 Å². The van der Waals surface area contributed by atoms with Gasteiger partial charge in [0.15, 0.2) is 5.72 Å². The third kappa shape index (κ3) is 4.13. The van der Waals surface area contributed by atoms with Gasteiger partial charge in [0.2, 0.25) is 8.32 Å². The van der Waals surface area contributed by atoms with Gasteiger partial charge < -0.3 is 9.53 Å². The van der Waals surface area contributed by atoms with Crippen LogP contribution in [0.2, 0.25) is 28.2 Å². The number of urea groups is 1. The predicted octanol–water partition coefficient (Wildman–Crippen LogP) is 8.59. The van der Waals surface area contributed by atoms with Crippen LogP contribution in [0.4, 0.5) is 16.2 Å². The van der Waals surface area contributed by atoms with Crippen LogP contribution in [-0.2, 0) is 5.72 Å². The van der Waals surface area contributed by atoms with Crippen molar-refractivity contribution in [3.63, 3.8) is 0 Å². The molecule has 3 aromatic carbocycles. The number of amides is 2. The van der Waals surface area contributed by atoms with Crippen LogP contribution in [0.5, 0.6) is 5.75 Å². The number of halogens is 2. The molecule has 1 aliphatic carbocycles. The van der Waals surface area contributed by atoms with Gasteiger partial charge in [-0.3, -0.25) is 9.80 Å². The minimum absolute atomic E-state index is 0.0130. The molecule has 2 fully saturated rings. The molecule has 5 nitrogen and oxygen atoms in total. The molecule has 1 unspecified atom stereocenters. The van der Waals surface area contributed by atoms with E-state index in [1.165, 1.54) is 4.90 Å². The maximum Gasteiger partial charge on any atom is 0.332 e. The smallest absolute Gasteiger partial charge is 0.332 e. The highest BCUT2D eigenvalue weighted by atomic mass is 35.5. The molecule has 2 amide bonds. The fourth-order valence-electron chi connectivity index (χ4n) is 5.33. The lowest BCUT2D eigenvalue weighted by Crippen LogP contribution is -2.63. The summed E-state index contributed by atoms with van der Waals surface area (Å²) >= 11 is 12.4. The number of carbonyl (C=O) groups is 1. The first-order chi connectivity index (χ1) is 17.8. The Morgan fingerprint density at radius 3 is 1.87 bits per heavy atom. The number of carbonyl (C=O) groups excluding carboxylic acids is 1. The van der Waals surface area contributed by atoms with Crippen LogP contribution in [0, 0.1) is 0 Å². The minimum atomic E-state index is -2.13. The summed E-state index contributed by atoms with van der Waals surface area (Å²) in [4.78, 5) is 17.6. The molecule has 0 radical (unpaired) electrons. The van der Waals surface area contributed by atoms with E-state index < -0.39 is 19.6 Å². The summed E-state index contributed by atoms with van der Waals surface area (Å²) in [5.74, 6) is 0.699. The van der Waals surface area contributed by atoms with Crippen molar-refractivity contribution in [2.24, 2.45) is 0 Å². The Morgan fingerprint density at radius 2 is 1.39 bits per heavy atom. The normalized spacial score (nSPS) is 21.1. The van der Waals surface area contributed by atoms with Crippen LogP contribution in [-0.4, -0.2) is 25.0 Å².